The van der Waals surface area contributed by atoms with Crippen molar-refractivity contribution in [3.8, 4) is 6.07 Å². The van der Waals surface area contributed by atoms with Crippen LogP contribution in [0.15, 0.2) is 60.2 Å². The Hall–Kier alpha value is -4.32. The molecule has 0 spiro atoms. The van der Waals surface area contributed by atoms with E-state index >= 15 is 0 Å². The van der Waals surface area contributed by atoms with Crippen molar-refractivity contribution in [3.05, 3.63) is 81.4 Å². The van der Waals surface area contributed by atoms with E-state index in [4.69, 9.17) is 5.26 Å². The van der Waals surface area contributed by atoms with Crippen LogP contribution in [0.3, 0.4) is 0 Å². The second-order valence-electron chi connectivity index (χ2n) is 8.61. The van der Waals surface area contributed by atoms with Gasteiger partial charge in [-0.1, -0.05) is 17.7 Å². The number of benzene rings is 2. The summed E-state index contributed by atoms with van der Waals surface area (Å²) < 4.78 is 0. The molecule has 9 nitrogen and oxygen atoms in total. The summed E-state index contributed by atoms with van der Waals surface area (Å²) in [6, 6.07) is 12.4. The zero-order valence-corrected chi connectivity index (χ0v) is 19.1. The SMILES string of the molecule is N#Cc1ccc(N2C(=O)CC(N(CCC3=CCCCC3)C(=O)c3cccc([N+](=O)[O-])c3)C2=O)cc1. The van der Waals surface area contributed by atoms with Gasteiger partial charge in [0, 0.05) is 24.2 Å². The third-order valence-electron chi connectivity index (χ3n) is 6.38. The van der Waals surface area contributed by atoms with Gasteiger partial charge in [-0.3, -0.25) is 24.5 Å². The second kappa shape index (κ2) is 10.3. The Morgan fingerprint density at radius 2 is 1.94 bits per heavy atom. The van der Waals surface area contributed by atoms with Crippen molar-refractivity contribution in [2.45, 2.75) is 44.6 Å². The fourth-order valence-electron chi connectivity index (χ4n) is 4.53. The summed E-state index contributed by atoms with van der Waals surface area (Å²) in [5.41, 5.74) is 1.80. The molecule has 4 rings (SSSR count). The van der Waals surface area contributed by atoms with E-state index in [1.165, 1.54) is 59.0 Å². The molecule has 3 amide bonds. The van der Waals surface area contributed by atoms with E-state index in [-0.39, 0.29) is 24.2 Å². The summed E-state index contributed by atoms with van der Waals surface area (Å²) in [4.78, 5) is 52.8. The summed E-state index contributed by atoms with van der Waals surface area (Å²) in [6.45, 7) is 0.220. The topological polar surface area (TPSA) is 125 Å². The monoisotopic (exact) mass is 472 g/mol. The van der Waals surface area contributed by atoms with E-state index in [0.29, 0.717) is 17.7 Å². The molecule has 0 aromatic heterocycles. The standard InChI is InChI=1S/C26H24N4O5/c27-17-19-9-11-21(12-10-19)29-24(31)16-23(26(29)33)28(14-13-18-5-2-1-3-6-18)25(32)20-7-4-8-22(15-20)30(34)35/h4-5,7-12,15,23H,1-3,6,13-14,16H2. The Kier molecular flexibility index (Phi) is 7.01. The van der Waals surface area contributed by atoms with Gasteiger partial charge in [0.15, 0.2) is 0 Å². The normalized spacial score (nSPS) is 17.6. The van der Waals surface area contributed by atoms with Gasteiger partial charge in [0.1, 0.15) is 6.04 Å². The fourth-order valence-corrected chi connectivity index (χ4v) is 4.53. The van der Waals surface area contributed by atoms with Crippen LogP contribution in [-0.2, 0) is 9.59 Å². The molecule has 0 N–H and O–H groups in total. The summed E-state index contributed by atoms with van der Waals surface area (Å²) in [5.74, 6) is -1.51. The average Bonchev–Trinajstić information content (AvgIpc) is 3.18. The molecule has 1 heterocycles. The number of amides is 3. The molecular formula is C26H24N4O5. The predicted octanol–water partition coefficient (Wildman–Crippen LogP) is 4.13. The number of nitrogens with zero attached hydrogens (tertiary/aromatic N) is 4. The zero-order chi connectivity index (χ0) is 24.9. The highest BCUT2D eigenvalue weighted by molar-refractivity contribution is 6.23. The van der Waals surface area contributed by atoms with Crippen molar-refractivity contribution in [1.29, 1.82) is 5.26 Å². The van der Waals surface area contributed by atoms with Gasteiger partial charge in [0.25, 0.3) is 17.5 Å². The van der Waals surface area contributed by atoms with Gasteiger partial charge in [-0.15, -0.1) is 0 Å². The van der Waals surface area contributed by atoms with Crippen LogP contribution in [0.4, 0.5) is 11.4 Å². The molecule has 1 aliphatic heterocycles. The van der Waals surface area contributed by atoms with Crippen LogP contribution in [0.2, 0.25) is 0 Å². The number of non-ortho nitro benzene ring substituents is 1. The van der Waals surface area contributed by atoms with Crippen LogP contribution in [0.25, 0.3) is 0 Å². The molecule has 2 aliphatic rings. The maximum absolute atomic E-state index is 13.5. The number of anilines is 1. The van der Waals surface area contributed by atoms with Crippen LogP contribution < -0.4 is 4.90 Å². The minimum Gasteiger partial charge on any atom is -0.326 e. The van der Waals surface area contributed by atoms with E-state index in [1.807, 2.05) is 6.07 Å². The van der Waals surface area contributed by atoms with E-state index in [2.05, 4.69) is 6.08 Å². The fraction of sp³-hybridized carbons (Fsp3) is 0.308. The number of allylic oxidation sites excluding steroid dienone is 1. The van der Waals surface area contributed by atoms with Crippen molar-refractivity contribution in [2.24, 2.45) is 0 Å². The van der Waals surface area contributed by atoms with Crippen molar-refractivity contribution < 1.29 is 19.3 Å². The lowest BCUT2D eigenvalue weighted by molar-refractivity contribution is -0.384. The number of rotatable bonds is 7. The molecule has 0 bridgehead atoms. The van der Waals surface area contributed by atoms with Crippen LogP contribution >= 0.6 is 0 Å². The summed E-state index contributed by atoms with van der Waals surface area (Å²) in [6.07, 6.45) is 6.63. The summed E-state index contributed by atoms with van der Waals surface area (Å²) >= 11 is 0. The Labute approximate surface area is 202 Å². The number of hydrogen-bond donors (Lipinski definition) is 0. The molecule has 1 unspecified atom stereocenters. The Morgan fingerprint density at radius 3 is 2.60 bits per heavy atom. The molecule has 1 saturated heterocycles. The summed E-state index contributed by atoms with van der Waals surface area (Å²) in [5, 5.41) is 20.2. The van der Waals surface area contributed by atoms with Gasteiger partial charge in [0.2, 0.25) is 5.91 Å². The minimum absolute atomic E-state index is 0.0916. The maximum Gasteiger partial charge on any atom is 0.270 e. The van der Waals surface area contributed by atoms with Crippen molar-refractivity contribution >= 4 is 29.1 Å². The average molecular weight is 473 g/mol. The molecule has 1 fully saturated rings. The van der Waals surface area contributed by atoms with Gasteiger partial charge in [-0.25, -0.2) is 4.90 Å². The lowest BCUT2D eigenvalue weighted by Gasteiger charge is -2.28. The number of carbonyl (C=O) groups is 3. The van der Waals surface area contributed by atoms with E-state index in [0.717, 1.165) is 30.6 Å². The Bertz CT molecular complexity index is 1250. The van der Waals surface area contributed by atoms with Gasteiger partial charge in [-0.2, -0.15) is 5.26 Å². The number of hydrogen-bond acceptors (Lipinski definition) is 6. The highest BCUT2D eigenvalue weighted by Crippen LogP contribution is 2.29. The highest BCUT2D eigenvalue weighted by Gasteiger charge is 2.44. The highest BCUT2D eigenvalue weighted by atomic mass is 16.6. The van der Waals surface area contributed by atoms with Gasteiger partial charge >= 0.3 is 0 Å². The van der Waals surface area contributed by atoms with Crippen molar-refractivity contribution in [3.63, 3.8) is 0 Å². The molecule has 9 heteroatoms. The summed E-state index contributed by atoms with van der Waals surface area (Å²) in [7, 11) is 0. The minimum atomic E-state index is -1.02. The number of carbonyl (C=O) groups excluding carboxylic acids is 3. The van der Waals surface area contributed by atoms with Crippen LogP contribution in [0.5, 0.6) is 0 Å². The molecule has 0 radical (unpaired) electrons. The van der Waals surface area contributed by atoms with Gasteiger partial charge < -0.3 is 4.90 Å². The second-order valence-corrected chi connectivity index (χ2v) is 8.61. The molecule has 178 valence electrons. The number of nitriles is 1. The van der Waals surface area contributed by atoms with E-state index in [9.17, 15) is 24.5 Å². The number of nitro benzene ring substituents is 1. The molecule has 0 saturated carbocycles. The predicted molar refractivity (Wildman–Crippen MR) is 127 cm³/mol. The Morgan fingerprint density at radius 1 is 1.17 bits per heavy atom. The molecule has 1 atom stereocenters. The van der Waals surface area contributed by atoms with Gasteiger partial charge in [-0.05, 0) is 62.4 Å². The van der Waals surface area contributed by atoms with E-state index < -0.39 is 28.7 Å². The van der Waals surface area contributed by atoms with Crippen LogP contribution in [0.1, 0.15) is 54.4 Å². The first-order valence-corrected chi connectivity index (χ1v) is 11.5. The lowest BCUT2D eigenvalue weighted by Crippen LogP contribution is -2.46. The third kappa shape index (κ3) is 5.11. The number of nitro groups is 1. The molecule has 1 aliphatic carbocycles. The zero-order valence-electron chi connectivity index (χ0n) is 19.1. The van der Waals surface area contributed by atoms with E-state index in [1.54, 1.807) is 0 Å². The number of imide groups is 1. The molecular weight excluding hydrogens is 448 g/mol. The van der Waals surface area contributed by atoms with Gasteiger partial charge in [0.05, 0.1) is 28.7 Å². The Balaban J connectivity index is 1.63. The molecule has 2 aromatic carbocycles. The largest absolute Gasteiger partial charge is 0.326 e. The smallest absolute Gasteiger partial charge is 0.270 e. The lowest BCUT2D eigenvalue weighted by atomic mass is 9.96. The van der Waals surface area contributed by atoms with Crippen LogP contribution in [0, 0.1) is 21.4 Å². The van der Waals surface area contributed by atoms with Crippen molar-refractivity contribution in [2.75, 3.05) is 11.4 Å². The van der Waals surface area contributed by atoms with Crippen molar-refractivity contribution in [1.82, 2.24) is 4.90 Å². The maximum atomic E-state index is 13.5. The van der Waals surface area contributed by atoms with Crippen LogP contribution in [-0.4, -0.2) is 40.1 Å². The third-order valence-corrected chi connectivity index (χ3v) is 6.38. The molecule has 2 aromatic rings. The first-order valence-electron chi connectivity index (χ1n) is 11.5. The first kappa shape index (κ1) is 23.8. The first-order chi connectivity index (χ1) is 16.9. The molecule has 35 heavy (non-hydrogen) atoms. The quantitative estimate of drug-likeness (QED) is 0.258.